The summed E-state index contributed by atoms with van der Waals surface area (Å²) in [5, 5.41) is 0. The van der Waals surface area contributed by atoms with Gasteiger partial charge in [0.25, 0.3) is 0 Å². The van der Waals surface area contributed by atoms with Crippen LogP contribution >= 0.6 is 0 Å². The van der Waals surface area contributed by atoms with E-state index in [1.165, 1.54) is 31.2 Å². The Hall–Kier alpha value is -0.930. The topological polar surface area (TPSA) is 50.9 Å². The standard InChI is InChI=1S/C13H21N3/c1-10-5-4-8-15-13(10)12(16-14)9-11-6-2-3-7-11/h4-5,8,11-12,16H,2-3,6-7,9,14H2,1H3. The molecule has 88 valence electrons. The second-order valence-corrected chi connectivity index (χ2v) is 4.81. The zero-order valence-corrected chi connectivity index (χ0v) is 9.95. The average Bonchev–Trinajstić information content (AvgIpc) is 2.80. The first-order chi connectivity index (χ1) is 7.81. The second kappa shape index (κ2) is 5.41. The summed E-state index contributed by atoms with van der Waals surface area (Å²) in [6.07, 6.45) is 8.43. The highest BCUT2D eigenvalue weighted by Gasteiger charge is 2.22. The molecule has 0 radical (unpaired) electrons. The summed E-state index contributed by atoms with van der Waals surface area (Å²) in [4.78, 5) is 4.45. The molecule has 1 atom stereocenters. The second-order valence-electron chi connectivity index (χ2n) is 4.81. The molecule has 1 aliphatic carbocycles. The predicted octanol–water partition coefficient (Wildman–Crippen LogP) is 2.47. The molecule has 0 aliphatic heterocycles. The molecule has 1 heterocycles. The number of nitrogens with one attached hydrogen (secondary N) is 1. The van der Waals surface area contributed by atoms with E-state index in [0.717, 1.165) is 18.0 Å². The van der Waals surface area contributed by atoms with E-state index in [1.807, 2.05) is 12.3 Å². The lowest BCUT2D eigenvalue weighted by molar-refractivity contribution is 0.393. The van der Waals surface area contributed by atoms with Gasteiger partial charge in [0.15, 0.2) is 0 Å². The van der Waals surface area contributed by atoms with Crippen molar-refractivity contribution >= 4 is 0 Å². The monoisotopic (exact) mass is 219 g/mol. The van der Waals surface area contributed by atoms with E-state index >= 15 is 0 Å². The summed E-state index contributed by atoms with van der Waals surface area (Å²) in [5.74, 6) is 6.48. The van der Waals surface area contributed by atoms with Gasteiger partial charge in [-0.1, -0.05) is 31.7 Å². The molecule has 0 spiro atoms. The maximum absolute atomic E-state index is 5.66. The quantitative estimate of drug-likeness (QED) is 0.604. The highest BCUT2D eigenvalue weighted by atomic mass is 15.2. The van der Waals surface area contributed by atoms with Crippen molar-refractivity contribution in [1.82, 2.24) is 10.4 Å². The van der Waals surface area contributed by atoms with E-state index in [2.05, 4.69) is 23.4 Å². The van der Waals surface area contributed by atoms with Gasteiger partial charge in [-0.25, -0.2) is 0 Å². The van der Waals surface area contributed by atoms with Crippen LogP contribution in [0.1, 0.15) is 49.4 Å². The Morgan fingerprint density at radius 2 is 2.25 bits per heavy atom. The van der Waals surface area contributed by atoms with E-state index in [9.17, 15) is 0 Å². The van der Waals surface area contributed by atoms with Crippen LogP contribution in [0, 0.1) is 12.8 Å². The van der Waals surface area contributed by atoms with Gasteiger partial charge in [-0.15, -0.1) is 0 Å². The van der Waals surface area contributed by atoms with Crippen molar-refractivity contribution in [2.24, 2.45) is 11.8 Å². The van der Waals surface area contributed by atoms with Crippen molar-refractivity contribution < 1.29 is 0 Å². The van der Waals surface area contributed by atoms with Crippen LogP contribution < -0.4 is 11.3 Å². The molecule has 1 fully saturated rings. The van der Waals surface area contributed by atoms with Gasteiger partial charge in [0.2, 0.25) is 0 Å². The van der Waals surface area contributed by atoms with E-state index < -0.39 is 0 Å². The van der Waals surface area contributed by atoms with Crippen LogP contribution in [0.3, 0.4) is 0 Å². The van der Waals surface area contributed by atoms with E-state index in [0.29, 0.717) is 0 Å². The third kappa shape index (κ3) is 2.60. The van der Waals surface area contributed by atoms with Crippen LogP contribution in [0.2, 0.25) is 0 Å². The van der Waals surface area contributed by atoms with Crippen LogP contribution in [0.4, 0.5) is 0 Å². The third-order valence-corrected chi connectivity index (χ3v) is 3.62. The van der Waals surface area contributed by atoms with Crippen LogP contribution in [0.5, 0.6) is 0 Å². The average molecular weight is 219 g/mol. The number of hydrazine groups is 1. The fourth-order valence-electron chi connectivity index (χ4n) is 2.70. The van der Waals surface area contributed by atoms with Gasteiger partial charge < -0.3 is 0 Å². The molecule has 0 bridgehead atoms. The predicted molar refractivity (Wildman–Crippen MR) is 65.6 cm³/mol. The molecule has 0 amide bonds. The van der Waals surface area contributed by atoms with Crippen LogP contribution in [-0.4, -0.2) is 4.98 Å². The first-order valence-electron chi connectivity index (χ1n) is 6.19. The van der Waals surface area contributed by atoms with Crippen molar-refractivity contribution in [1.29, 1.82) is 0 Å². The van der Waals surface area contributed by atoms with Gasteiger partial charge >= 0.3 is 0 Å². The first-order valence-corrected chi connectivity index (χ1v) is 6.19. The zero-order valence-electron chi connectivity index (χ0n) is 9.95. The Morgan fingerprint density at radius 1 is 1.50 bits per heavy atom. The Morgan fingerprint density at radius 3 is 2.88 bits per heavy atom. The van der Waals surface area contributed by atoms with Crippen molar-refractivity contribution in [3.63, 3.8) is 0 Å². The molecule has 3 heteroatoms. The summed E-state index contributed by atoms with van der Waals surface area (Å²) in [5.41, 5.74) is 5.26. The molecule has 2 rings (SSSR count). The lowest BCUT2D eigenvalue weighted by atomic mass is 9.95. The summed E-state index contributed by atoms with van der Waals surface area (Å²) < 4.78 is 0. The normalized spacial score (nSPS) is 18.9. The smallest absolute Gasteiger partial charge is 0.0637 e. The van der Waals surface area contributed by atoms with Crippen molar-refractivity contribution in [3.8, 4) is 0 Å². The number of rotatable bonds is 4. The summed E-state index contributed by atoms with van der Waals surface area (Å²) in [7, 11) is 0. The van der Waals surface area contributed by atoms with Gasteiger partial charge in [0.1, 0.15) is 0 Å². The Balaban J connectivity index is 2.06. The molecule has 1 aromatic rings. The largest absolute Gasteiger partial charge is 0.271 e. The molecule has 16 heavy (non-hydrogen) atoms. The molecular formula is C13H21N3. The molecule has 3 N–H and O–H groups in total. The minimum absolute atomic E-state index is 0.212. The number of aryl methyl sites for hydroxylation is 1. The van der Waals surface area contributed by atoms with Crippen LogP contribution in [-0.2, 0) is 0 Å². The lowest BCUT2D eigenvalue weighted by Crippen LogP contribution is -2.30. The van der Waals surface area contributed by atoms with Crippen molar-refractivity contribution in [2.75, 3.05) is 0 Å². The molecule has 3 nitrogen and oxygen atoms in total. The van der Waals surface area contributed by atoms with E-state index in [-0.39, 0.29) is 6.04 Å². The molecule has 1 aliphatic rings. The maximum atomic E-state index is 5.66. The highest BCUT2D eigenvalue weighted by molar-refractivity contribution is 5.21. The molecule has 1 aromatic heterocycles. The number of nitrogens with two attached hydrogens (primary N) is 1. The van der Waals surface area contributed by atoms with Crippen molar-refractivity contribution in [3.05, 3.63) is 29.6 Å². The Labute approximate surface area is 97.4 Å². The van der Waals surface area contributed by atoms with E-state index in [1.54, 1.807) is 0 Å². The van der Waals surface area contributed by atoms with Crippen LogP contribution in [0.25, 0.3) is 0 Å². The number of hydrogen-bond donors (Lipinski definition) is 2. The molecule has 1 saturated carbocycles. The van der Waals surface area contributed by atoms with Crippen molar-refractivity contribution in [2.45, 2.75) is 45.1 Å². The van der Waals surface area contributed by atoms with Gasteiger partial charge in [-0.2, -0.15) is 0 Å². The molecule has 1 unspecified atom stereocenters. The van der Waals surface area contributed by atoms with Gasteiger partial charge in [0.05, 0.1) is 11.7 Å². The zero-order chi connectivity index (χ0) is 11.4. The molecule has 0 saturated heterocycles. The number of aromatic nitrogens is 1. The highest BCUT2D eigenvalue weighted by Crippen LogP contribution is 2.32. The summed E-state index contributed by atoms with van der Waals surface area (Å²) in [6.45, 7) is 2.10. The fourth-order valence-corrected chi connectivity index (χ4v) is 2.70. The maximum Gasteiger partial charge on any atom is 0.0637 e. The van der Waals surface area contributed by atoms with Gasteiger partial charge in [-0.05, 0) is 30.9 Å². The fraction of sp³-hybridized carbons (Fsp3) is 0.615. The Bertz CT molecular complexity index is 332. The van der Waals surface area contributed by atoms with E-state index in [4.69, 9.17) is 5.84 Å². The Kier molecular flexibility index (Phi) is 3.91. The van der Waals surface area contributed by atoms with Gasteiger partial charge in [0, 0.05) is 6.20 Å². The summed E-state index contributed by atoms with van der Waals surface area (Å²) in [6, 6.07) is 4.29. The third-order valence-electron chi connectivity index (χ3n) is 3.62. The minimum atomic E-state index is 0.212. The number of pyridine rings is 1. The SMILES string of the molecule is Cc1cccnc1C(CC1CCCC1)NN. The molecule has 0 aromatic carbocycles. The molecular weight excluding hydrogens is 198 g/mol. The lowest BCUT2D eigenvalue weighted by Gasteiger charge is -2.20. The van der Waals surface area contributed by atoms with Gasteiger partial charge in [-0.3, -0.25) is 16.3 Å². The minimum Gasteiger partial charge on any atom is -0.271 e. The number of nitrogens with zero attached hydrogens (tertiary/aromatic N) is 1. The summed E-state index contributed by atoms with van der Waals surface area (Å²) >= 11 is 0. The number of hydrogen-bond acceptors (Lipinski definition) is 3. The van der Waals surface area contributed by atoms with Crippen LogP contribution in [0.15, 0.2) is 18.3 Å². The first kappa shape index (κ1) is 11.6.